The van der Waals surface area contributed by atoms with Gasteiger partial charge < -0.3 is 4.42 Å². The first-order valence-electron chi connectivity index (χ1n) is 7.38. The van der Waals surface area contributed by atoms with Gasteiger partial charge in [-0.1, -0.05) is 25.7 Å². The number of furan rings is 1. The maximum atomic E-state index is 5.75. The topological polar surface area (TPSA) is 51.2 Å². The lowest BCUT2D eigenvalue weighted by atomic mass is 9.66. The fourth-order valence-electron chi connectivity index (χ4n) is 4.13. The maximum Gasteiger partial charge on any atom is 0.122 e. The van der Waals surface area contributed by atoms with E-state index in [9.17, 15) is 0 Å². The molecule has 3 N–H and O–H groups in total. The third-order valence-corrected chi connectivity index (χ3v) is 5.08. The summed E-state index contributed by atoms with van der Waals surface area (Å²) >= 11 is 0. The molecule has 0 bridgehead atoms. The van der Waals surface area contributed by atoms with E-state index in [1.807, 2.05) is 12.1 Å². The molecule has 0 saturated heterocycles. The SMILES string of the molecule is NNC(c1ccco1)C1CCC2CCCCC2C1. The van der Waals surface area contributed by atoms with E-state index in [4.69, 9.17) is 10.3 Å². The third kappa shape index (κ3) is 2.34. The molecule has 18 heavy (non-hydrogen) atoms. The van der Waals surface area contributed by atoms with E-state index in [-0.39, 0.29) is 6.04 Å². The van der Waals surface area contributed by atoms with Crippen molar-refractivity contribution < 1.29 is 4.42 Å². The van der Waals surface area contributed by atoms with E-state index < -0.39 is 0 Å². The van der Waals surface area contributed by atoms with E-state index in [0.29, 0.717) is 5.92 Å². The Kier molecular flexibility index (Phi) is 3.71. The molecule has 1 aromatic rings. The Hall–Kier alpha value is -0.800. The lowest BCUT2D eigenvalue weighted by molar-refractivity contribution is 0.104. The van der Waals surface area contributed by atoms with Crippen molar-refractivity contribution in [2.45, 2.75) is 51.0 Å². The standard InChI is InChI=1S/C15H24N2O/c16-17-15(14-6-3-9-18-14)13-8-7-11-4-1-2-5-12(11)10-13/h3,6,9,11-13,15,17H,1-2,4-5,7-8,10,16H2. The zero-order valence-electron chi connectivity index (χ0n) is 11.0. The summed E-state index contributed by atoms with van der Waals surface area (Å²) in [5, 5.41) is 0. The second kappa shape index (κ2) is 5.45. The van der Waals surface area contributed by atoms with Crippen LogP contribution < -0.4 is 11.3 Å². The Morgan fingerprint density at radius 3 is 2.72 bits per heavy atom. The largest absolute Gasteiger partial charge is 0.468 e. The van der Waals surface area contributed by atoms with Crippen LogP contribution >= 0.6 is 0 Å². The van der Waals surface area contributed by atoms with Crippen molar-refractivity contribution >= 4 is 0 Å². The molecular weight excluding hydrogens is 224 g/mol. The first-order valence-corrected chi connectivity index (χ1v) is 7.38. The second-order valence-electron chi connectivity index (χ2n) is 6.04. The minimum absolute atomic E-state index is 0.197. The molecule has 4 unspecified atom stereocenters. The van der Waals surface area contributed by atoms with Gasteiger partial charge in [0.2, 0.25) is 0 Å². The smallest absolute Gasteiger partial charge is 0.122 e. The summed E-state index contributed by atoms with van der Waals surface area (Å²) in [5.41, 5.74) is 2.98. The van der Waals surface area contributed by atoms with Gasteiger partial charge in [-0.15, -0.1) is 0 Å². The monoisotopic (exact) mass is 248 g/mol. The minimum Gasteiger partial charge on any atom is -0.468 e. The molecule has 3 rings (SSSR count). The van der Waals surface area contributed by atoms with Crippen LogP contribution in [0, 0.1) is 17.8 Å². The quantitative estimate of drug-likeness (QED) is 0.637. The zero-order valence-corrected chi connectivity index (χ0v) is 11.0. The Bertz CT molecular complexity index is 363. The Labute approximate surface area is 109 Å². The summed E-state index contributed by atoms with van der Waals surface area (Å²) in [6.07, 6.45) is 11.5. The molecule has 1 heterocycles. The average Bonchev–Trinajstić information content (AvgIpc) is 2.93. The van der Waals surface area contributed by atoms with Crippen LogP contribution in [-0.4, -0.2) is 0 Å². The van der Waals surface area contributed by atoms with Crippen LogP contribution in [0.1, 0.15) is 56.7 Å². The van der Waals surface area contributed by atoms with Gasteiger partial charge in [-0.05, 0) is 49.1 Å². The van der Waals surface area contributed by atoms with Crippen LogP contribution in [0.4, 0.5) is 0 Å². The highest BCUT2D eigenvalue weighted by Gasteiger charge is 2.36. The van der Waals surface area contributed by atoms with E-state index in [1.54, 1.807) is 6.26 Å². The lowest BCUT2D eigenvalue weighted by Gasteiger charge is -2.41. The Balaban J connectivity index is 1.69. The molecule has 0 radical (unpaired) electrons. The molecular formula is C15H24N2O. The van der Waals surface area contributed by atoms with Gasteiger partial charge in [0.15, 0.2) is 0 Å². The number of rotatable bonds is 3. The molecule has 2 aliphatic carbocycles. The van der Waals surface area contributed by atoms with Gasteiger partial charge in [-0.3, -0.25) is 5.84 Å². The maximum absolute atomic E-state index is 5.75. The molecule has 2 saturated carbocycles. The minimum atomic E-state index is 0.197. The zero-order chi connectivity index (χ0) is 12.4. The normalized spacial score (nSPS) is 33.9. The van der Waals surface area contributed by atoms with E-state index >= 15 is 0 Å². The molecule has 2 aliphatic rings. The van der Waals surface area contributed by atoms with E-state index in [1.165, 1.54) is 44.9 Å². The Morgan fingerprint density at radius 2 is 2.00 bits per heavy atom. The number of hydrazine groups is 1. The van der Waals surface area contributed by atoms with Crippen molar-refractivity contribution in [3.8, 4) is 0 Å². The first-order chi connectivity index (χ1) is 8.88. The van der Waals surface area contributed by atoms with Gasteiger partial charge in [0.1, 0.15) is 5.76 Å². The number of nitrogens with two attached hydrogens (primary N) is 1. The van der Waals surface area contributed by atoms with Crippen LogP contribution in [0.25, 0.3) is 0 Å². The molecule has 2 fully saturated rings. The summed E-state index contributed by atoms with van der Waals surface area (Å²) in [6, 6.07) is 4.19. The number of hydrogen-bond donors (Lipinski definition) is 2. The fourth-order valence-corrected chi connectivity index (χ4v) is 4.13. The van der Waals surface area contributed by atoms with Gasteiger partial charge in [-0.25, -0.2) is 5.43 Å². The third-order valence-electron chi connectivity index (χ3n) is 5.08. The van der Waals surface area contributed by atoms with Crippen molar-refractivity contribution in [3.63, 3.8) is 0 Å². The van der Waals surface area contributed by atoms with Crippen molar-refractivity contribution in [1.29, 1.82) is 0 Å². The second-order valence-corrected chi connectivity index (χ2v) is 6.04. The average molecular weight is 248 g/mol. The van der Waals surface area contributed by atoms with Crippen LogP contribution in [0.15, 0.2) is 22.8 Å². The van der Waals surface area contributed by atoms with Gasteiger partial charge in [-0.2, -0.15) is 0 Å². The van der Waals surface area contributed by atoms with E-state index in [2.05, 4.69) is 5.43 Å². The highest BCUT2D eigenvalue weighted by Crippen LogP contribution is 2.45. The molecule has 0 spiro atoms. The van der Waals surface area contributed by atoms with Crippen LogP contribution in [0.2, 0.25) is 0 Å². The highest BCUT2D eigenvalue weighted by atomic mass is 16.3. The van der Waals surface area contributed by atoms with Crippen LogP contribution in [0.5, 0.6) is 0 Å². The molecule has 0 aromatic carbocycles. The van der Waals surface area contributed by atoms with E-state index in [0.717, 1.165) is 17.6 Å². The summed E-state index contributed by atoms with van der Waals surface area (Å²) in [7, 11) is 0. The highest BCUT2D eigenvalue weighted by molar-refractivity contribution is 5.06. The molecule has 0 aliphatic heterocycles. The predicted octanol–water partition coefficient (Wildman–Crippen LogP) is 3.39. The molecule has 1 aromatic heterocycles. The van der Waals surface area contributed by atoms with Crippen LogP contribution in [-0.2, 0) is 0 Å². The van der Waals surface area contributed by atoms with Crippen LogP contribution in [0.3, 0.4) is 0 Å². The first kappa shape index (κ1) is 12.2. The molecule has 3 nitrogen and oxygen atoms in total. The van der Waals surface area contributed by atoms with Gasteiger partial charge in [0, 0.05) is 0 Å². The molecule has 3 heteroatoms. The fraction of sp³-hybridized carbons (Fsp3) is 0.733. The number of nitrogens with one attached hydrogen (secondary N) is 1. The molecule has 100 valence electrons. The summed E-state index contributed by atoms with van der Waals surface area (Å²) in [4.78, 5) is 0. The van der Waals surface area contributed by atoms with Crippen molar-refractivity contribution in [2.75, 3.05) is 0 Å². The van der Waals surface area contributed by atoms with Gasteiger partial charge in [0.25, 0.3) is 0 Å². The Morgan fingerprint density at radius 1 is 1.17 bits per heavy atom. The molecule has 4 atom stereocenters. The summed E-state index contributed by atoms with van der Waals surface area (Å²) in [6.45, 7) is 0. The van der Waals surface area contributed by atoms with Crippen molar-refractivity contribution in [1.82, 2.24) is 5.43 Å². The summed E-state index contributed by atoms with van der Waals surface area (Å²) in [5.74, 6) is 9.31. The van der Waals surface area contributed by atoms with Gasteiger partial charge >= 0.3 is 0 Å². The number of hydrogen-bond acceptors (Lipinski definition) is 3. The van der Waals surface area contributed by atoms with Gasteiger partial charge in [0.05, 0.1) is 12.3 Å². The predicted molar refractivity (Wildman–Crippen MR) is 71.6 cm³/mol. The van der Waals surface area contributed by atoms with Crippen molar-refractivity contribution in [3.05, 3.63) is 24.2 Å². The summed E-state index contributed by atoms with van der Waals surface area (Å²) < 4.78 is 5.53. The molecule has 0 amide bonds. The van der Waals surface area contributed by atoms with Crippen molar-refractivity contribution in [2.24, 2.45) is 23.6 Å². The lowest BCUT2D eigenvalue weighted by Crippen LogP contribution is -2.38. The number of fused-ring (bicyclic) bond motifs is 1.